The first-order valence-electron chi connectivity index (χ1n) is 7.01. The van der Waals surface area contributed by atoms with Gasteiger partial charge in [-0.05, 0) is 18.2 Å². The van der Waals surface area contributed by atoms with Gasteiger partial charge in [-0.25, -0.2) is 4.79 Å². The molecule has 0 atom stereocenters. The predicted octanol–water partition coefficient (Wildman–Crippen LogP) is 4.13. The molecule has 0 fully saturated rings. The summed E-state index contributed by atoms with van der Waals surface area (Å²) >= 11 is 0. The highest BCUT2D eigenvalue weighted by Gasteiger charge is 2.16. The van der Waals surface area contributed by atoms with Crippen molar-refractivity contribution in [2.45, 2.75) is 6.54 Å². The molecule has 1 N–H and O–H groups in total. The SMILES string of the molecule is O=C(O)c1cc2ccccc2n1Cc1coc2ccccc12. The molecule has 0 aliphatic rings. The number of furan rings is 1. The van der Waals surface area contributed by atoms with E-state index >= 15 is 0 Å². The van der Waals surface area contributed by atoms with Gasteiger partial charge >= 0.3 is 5.97 Å². The van der Waals surface area contributed by atoms with Crippen molar-refractivity contribution in [1.82, 2.24) is 4.57 Å². The van der Waals surface area contributed by atoms with Crippen LogP contribution in [0.4, 0.5) is 0 Å². The van der Waals surface area contributed by atoms with E-state index in [-0.39, 0.29) is 5.69 Å². The van der Waals surface area contributed by atoms with Gasteiger partial charge in [-0.15, -0.1) is 0 Å². The molecule has 22 heavy (non-hydrogen) atoms. The monoisotopic (exact) mass is 291 g/mol. The highest BCUT2D eigenvalue weighted by molar-refractivity contribution is 5.95. The summed E-state index contributed by atoms with van der Waals surface area (Å²) in [5.41, 5.74) is 2.97. The van der Waals surface area contributed by atoms with Gasteiger partial charge in [0.2, 0.25) is 0 Å². The maximum Gasteiger partial charge on any atom is 0.352 e. The first kappa shape index (κ1) is 12.7. The van der Waals surface area contributed by atoms with E-state index in [1.807, 2.05) is 53.1 Å². The zero-order valence-corrected chi connectivity index (χ0v) is 11.7. The van der Waals surface area contributed by atoms with Crippen molar-refractivity contribution in [2.75, 3.05) is 0 Å². The minimum Gasteiger partial charge on any atom is -0.477 e. The van der Waals surface area contributed by atoms with Gasteiger partial charge in [0.15, 0.2) is 0 Å². The molecular formula is C18H13NO3. The van der Waals surface area contributed by atoms with Crippen LogP contribution in [0.15, 0.2) is 65.3 Å². The molecule has 0 amide bonds. The van der Waals surface area contributed by atoms with E-state index in [1.54, 1.807) is 12.3 Å². The quantitative estimate of drug-likeness (QED) is 0.617. The fourth-order valence-electron chi connectivity index (χ4n) is 2.88. The van der Waals surface area contributed by atoms with Crippen LogP contribution in [-0.2, 0) is 6.54 Å². The van der Waals surface area contributed by atoms with Gasteiger partial charge in [-0.1, -0.05) is 36.4 Å². The molecule has 0 bridgehead atoms. The van der Waals surface area contributed by atoms with Gasteiger partial charge in [0.05, 0.1) is 12.8 Å². The van der Waals surface area contributed by atoms with Gasteiger partial charge in [0.1, 0.15) is 11.3 Å². The second-order valence-corrected chi connectivity index (χ2v) is 5.24. The maximum absolute atomic E-state index is 11.5. The second kappa shape index (κ2) is 4.77. The number of rotatable bonds is 3. The number of nitrogens with zero attached hydrogens (tertiary/aromatic N) is 1. The normalized spacial score (nSPS) is 11.3. The summed E-state index contributed by atoms with van der Waals surface area (Å²) < 4.78 is 7.36. The molecule has 4 aromatic rings. The number of para-hydroxylation sites is 2. The Hall–Kier alpha value is -3.01. The minimum atomic E-state index is -0.927. The van der Waals surface area contributed by atoms with Crippen LogP contribution in [0.1, 0.15) is 16.1 Å². The fraction of sp³-hybridized carbons (Fsp3) is 0.0556. The topological polar surface area (TPSA) is 55.4 Å². The standard InChI is InChI=1S/C18H13NO3/c20-18(21)16-9-12-5-1-3-7-15(12)19(16)10-13-11-22-17-8-4-2-6-14(13)17/h1-9,11H,10H2,(H,20,21). The van der Waals surface area contributed by atoms with Crippen molar-refractivity contribution in [2.24, 2.45) is 0 Å². The first-order valence-corrected chi connectivity index (χ1v) is 7.01. The zero-order chi connectivity index (χ0) is 15.1. The number of benzene rings is 2. The first-order chi connectivity index (χ1) is 10.7. The molecular weight excluding hydrogens is 278 g/mol. The van der Waals surface area contributed by atoms with Gasteiger partial charge in [-0.3, -0.25) is 0 Å². The number of aromatic nitrogens is 1. The van der Waals surface area contributed by atoms with Gasteiger partial charge in [-0.2, -0.15) is 0 Å². The van der Waals surface area contributed by atoms with E-state index in [0.717, 1.165) is 27.4 Å². The van der Waals surface area contributed by atoms with E-state index in [2.05, 4.69) is 0 Å². The summed E-state index contributed by atoms with van der Waals surface area (Å²) in [5, 5.41) is 11.4. The van der Waals surface area contributed by atoms with E-state index in [9.17, 15) is 9.90 Å². The number of carbonyl (C=O) groups is 1. The Balaban J connectivity index is 1.90. The molecule has 0 radical (unpaired) electrons. The van der Waals surface area contributed by atoms with Crippen LogP contribution in [0.5, 0.6) is 0 Å². The summed E-state index contributed by atoms with van der Waals surface area (Å²) in [4.78, 5) is 11.5. The maximum atomic E-state index is 11.5. The molecule has 0 aliphatic carbocycles. The molecule has 4 rings (SSSR count). The predicted molar refractivity (Wildman–Crippen MR) is 84.2 cm³/mol. The molecule has 108 valence electrons. The largest absolute Gasteiger partial charge is 0.477 e. The lowest BCUT2D eigenvalue weighted by atomic mass is 10.2. The Morgan fingerprint density at radius 3 is 2.73 bits per heavy atom. The summed E-state index contributed by atoms with van der Waals surface area (Å²) in [7, 11) is 0. The van der Waals surface area contributed by atoms with Crippen molar-refractivity contribution in [3.8, 4) is 0 Å². The third-order valence-corrected chi connectivity index (χ3v) is 3.92. The molecule has 2 aromatic carbocycles. The smallest absolute Gasteiger partial charge is 0.352 e. The van der Waals surface area contributed by atoms with Crippen molar-refractivity contribution in [1.29, 1.82) is 0 Å². The van der Waals surface area contributed by atoms with Gasteiger partial charge in [0.25, 0.3) is 0 Å². The number of fused-ring (bicyclic) bond motifs is 2. The van der Waals surface area contributed by atoms with Crippen LogP contribution in [0, 0.1) is 0 Å². The van der Waals surface area contributed by atoms with Gasteiger partial charge in [0, 0.05) is 21.9 Å². The van der Waals surface area contributed by atoms with E-state index in [1.165, 1.54) is 0 Å². The zero-order valence-electron chi connectivity index (χ0n) is 11.7. The number of hydrogen-bond acceptors (Lipinski definition) is 2. The molecule has 0 spiro atoms. The Labute approximate surface area is 126 Å². The lowest BCUT2D eigenvalue weighted by molar-refractivity contribution is 0.0686. The molecule has 0 aliphatic heterocycles. The summed E-state index contributed by atoms with van der Waals surface area (Å²) in [6.45, 7) is 0.464. The fourth-order valence-corrected chi connectivity index (χ4v) is 2.88. The summed E-state index contributed by atoms with van der Waals surface area (Å²) in [6, 6.07) is 17.2. The Morgan fingerprint density at radius 2 is 1.86 bits per heavy atom. The molecule has 0 saturated heterocycles. The van der Waals surface area contributed by atoms with E-state index < -0.39 is 5.97 Å². The Bertz CT molecular complexity index is 994. The number of aromatic carboxylic acids is 1. The number of hydrogen-bond donors (Lipinski definition) is 1. The number of carboxylic acid groups (broad SMARTS) is 1. The Morgan fingerprint density at radius 1 is 1.09 bits per heavy atom. The number of carboxylic acids is 1. The second-order valence-electron chi connectivity index (χ2n) is 5.24. The highest BCUT2D eigenvalue weighted by Crippen LogP contribution is 2.26. The van der Waals surface area contributed by atoms with Crippen LogP contribution in [0.25, 0.3) is 21.9 Å². The molecule has 2 aromatic heterocycles. The third-order valence-electron chi connectivity index (χ3n) is 3.92. The van der Waals surface area contributed by atoms with Gasteiger partial charge < -0.3 is 14.1 Å². The highest BCUT2D eigenvalue weighted by atomic mass is 16.4. The van der Waals surface area contributed by atoms with Crippen LogP contribution in [0.2, 0.25) is 0 Å². The van der Waals surface area contributed by atoms with Crippen molar-refractivity contribution < 1.29 is 14.3 Å². The average molecular weight is 291 g/mol. The molecule has 4 heteroatoms. The summed E-state index contributed by atoms with van der Waals surface area (Å²) in [6.07, 6.45) is 1.70. The third kappa shape index (κ3) is 1.89. The molecule has 4 nitrogen and oxygen atoms in total. The lowest BCUT2D eigenvalue weighted by Crippen LogP contribution is -2.09. The average Bonchev–Trinajstić information content (AvgIpc) is 3.10. The lowest BCUT2D eigenvalue weighted by Gasteiger charge is -2.07. The van der Waals surface area contributed by atoms with E-state index in [4.69, 9.17) is 4.42 Å². The summed E-state index contributed by atoms with van der Waals surface area (Å²) in [5.74, 6) is -0.927. The Kier molecular flexibility index (Phi) is 2.76. The van der Waals surface area contributed by atoms with Crippen LogP contribution >= 0.6 is 0 Å². The van der Waals surface area contributed by atoms with Crippen molar-refractivity contribution >= 4 is 27.8 Å². The van der Waals surface area contributed by atoms with Crippen LogP contribution in [0.3, 0.4) is 0 Å². The van der Waals surface area contributed by atoms with Crippen molar-refractivity contribution in [3.63, 3.8) is 0 Å². The molecule has 2 heterocycles. The van der Waals surface area contributed by atoms with E-state index in [0.29, 0.717) is 6.54 Å². The van der Waals surface area contributed by atoms with Crippen molar-refractivity contribution in [3.05, 3.63) is 72.1 Å². The minimum absolute atomic E-state index is 0.284. The molecule has 0 unspecified atom stereocenters. The van der Waals surface area contributed by atoms with Crippen LogP contribution in [-0.4, -0.2) is 15.6 Å². The van der Waals surface area contributed by atoms with Crippen LogP contribution < -0.4 is 0 Å². The molecule has 0 saturated carbocycles.